The normalized spacial score (nSPS) is 13.5. The molecule has 6 nitrogen and oxygen atoms in total. The van der Waals surface area contributed by atoms with Gasteiger partial charge in [0.05, 0.1) is 5.69 Å². The molecule has 1 heterocycles. The first-order valence-corrected chi connectivity index (χ1v) is 10.0. The third-order valence-corrected chi connectivity index (χ3v) is 5.27. The molecule has 3 aromatic rings. The fourth-order valence-corrected chi connectivity index (χ4v) is 3.41. The number of para-hydroxylation sites is 1. The number of nitrogens with one attached hydrogen (secondary N) is 2. The number of aryl methyl sites for hydroxylation is 1. The maximum absolute atomic E-state index is 13.2. The van der Waals surface area contributed by atoms with Crippen LogP contribution in [-0.4, -0.2) is 17.7 Å². The van der Waals surface area contributed by atoms with Crippen LogP contribution in [0, 0.1) is 12.7 Å². The van der Waals surface area contributed by atoms with Gasteiger partial charge in [-0.3, -0.25) is 14.4 Å². The molecule has 1 aliphatic rings. The van der Waals surface area contributed by atoms with Crippen molar-refractivity contribution in [1.82, 2.24) is 0 Å². The van der Waals surface area contributed by atoms with Gasteiger partial charge in [-0.1, -0.05) is 29.8 Å². The molecule has 0 aliphatic carbocycles. The summed E-state index contributed by atoms with van der Waals surface area (Å²) in [5.41, 5.74) is 2.65. The molecule has 32 heavy (non-hydrogen) atoms. The minimum atomic E-state index is -0.708. The van der Waals surface area contributed by atoms with E-state index in [1.165, 1.54) is 12.1 Å². The van der Waals surface area contributed by atoms with Crippen molar-refractivity contribution in [3.05, 3.63) is 100 Å². The zero-order valence-electron chi connectivity index (χ0n) is 16.9. The van der Waals surface area contributed by atoms with Crippen molar-refractivity contribution in [2.45, 2.75) is 6.92 Å². The Balaban J connectivity index is 1.49. The van der Waals surface area contributed by atoms with E-state index in [0.29, 0.717) is 16.9 Å². The lowest BCUT2D eigenvalue weighted by Gasteiger charge is -2.15. The predicted molar refractivity (Wildman–Crippen MR) is 121 cm³/mol. The van der Waals surface area contributed by atoms with E-state index in [4.69, 9.17) is 11.6 Å². The molecule has 0 unspecified atom stereocenters. The standard InChI is InChI=1S/C24H17ClFN3O3/c1-14-4-2-3-5-19(14)28-22(30)15-6-10-17(11-7-15)27-21-20(25)23(31)29(24(21)32)18-12-8-16(26)9-13-18/h2-13,27H,1H3,(H,28,30). The Morgan fingerprint density at radius 1 is 0.906 bits per heavy atom. The van der Waals surface area contributed by atoms with Crippen LogP contribution in [0.15, 0.2) is 83.5 Å². The van der Waals surface area contributed by atoms with Crippen molar-refractivity contribution in [2.24, 2.45) is 0 Å². The second-order valence-corrected chi connectivity index (χ2v) is 7.46. The fraction of sp³-hybridized carbons (Fsp3) is 0.0417. The number of hydrogen-bond acceptors (Lipinski definition) is 4. The number of anilines is 3. The smallest absolute Gasteiger partial charge is 0.283 e. The Hall–Kier alpha value is -3.97. The summed E-state index contributed by atoms with van der Waals surface area (Å²) in [5.74, 6) is -2.14. The lowest BCUT2D eigenvalue weighted by molar-refractivity contribution is -0.120. The van der Waals surface area contributed by atoms with Gasteiger partial charge < -0.3 is 10.6 Å². The monoisotopic (exact) mass is 449 g/mol. The number of benzene rings is 3. The van der Waals surface area contributed by atoms with E-state index in [-0.39, 0.29) is 22.3 Å². The van der Waals surface area contributed by atoms with E-state index in [2.05, 4.69) is 10.6 Å². The average Bonchev–Trinajstić information content (AvgIpc) is 3.00. The number of carbonyl (C=O) groups is 3. The summed E-state index contributed by atoms with van der Waals surface area (Å²) in [6.07, 6.45) is 0. The van der Waals surface area contributed by atoms with Gasteiger partial charge in [-0.05, 0) is 67.1 Å². The highest BCUT2D eigenvalue weighted by molar-refractivity contribution is 6.53. The highest BCUT2D eigenvalue weighted by atomic mass is 35.5. The summed E-state index contributed by atoms with van der Waals surface area (Å²) in [4.78, 5) is 38.6. The van der Waals surface area contributed by atoms with Crippen LogP contribution in [0.1, 0.15) is 15.9 Å². The average molecular weight is 450 g/mol. The molecule has 0 saturated heterocycles. The van der Waals surface area contributed by atoms with Gasteiger partial charge in [0.2, 0.25) is 0 Å². The Morgan fingerprint density at radius 3 is 2.22 bits per heavy atom. The van der Waals surface area contributed by atoms with E-state index in [0.717, 1.165) is 22.6 Å². The van der Waals surface area contributed by atoms with Crippen LogP contribution < -0.4 is 15.5 Å². The topological polar surface area (TPSA) is 78.5 Å². The first-order chi connectivity index (χ1) is 15.3. The molecular weight excluding hydrogens is 433 g/mol. The number of imide groups is 1. The Kier molecular flexibility index (Phi) is 5.75. The number of halogens is 2. The molecular formula is C24H17ClFN3O3. The molecule has 8 heteroatoms. The quantitative estimate of drug-likeness (QED) is 0.547. The van der Waals surface area contributed by atoms with E-state index in [1.807, 2.05) is 31.2 Å². The largest absolute Gasteiger partial charge is 0.350 e. The van der Waals surface area contributed by atoms with Crippen LogP contribution in [0.2, 0.25) is 0 Å². The summed E-state index contributed by atoms with van der Waals surface area (Å²) in [7, 11) is 0. The Morgan fingerprint density at radius 2 is 1.56 bits per heavy atom. The second kappa shape index (κ2) is 8.64. The molecule has 4 rings (SSSR count). The first kappa shape index (κ1) is 21.3. The summed E-state index contributed by atoms with van der Waals surface area (Å²) >= 11 is 6.10. The zero-order chi connectivity index (χ0) is 22.8. The summed E-state index contributed by atoms with van der Waals surface area (Å²) in [6, 6.07) is 18.7. The van der Waals surface area contributed by atoms with Crippen molar-refractivity contribution >= 4 is 46.4 Å². The molecule has 0 radical (unpaired) electrons. The van der Waals surface area contributed by atoms with E-state index in [1.54, 1.807) is 24.3 Å². The van der Waals surface area contributed by atoms with Gasteiger partial charge in [-0.2, -0.15) is 0 Å². The lowest BCUT2D eigenvalue weighted by atomic mass is 10.1. The first-order valence-electron chi connectivity index (χ1n) is 9.63. The molecule has 3 amide bonds. The summed E-state index contributed by atoms with van der Waals surface area (Å²) in [5, 5.41) is 5.40. The van der Waals surface area contributed by atoms with E-state index < -0.39 is 17.6 Å². The predicted octanol–water partition coefficient (Wildman–Crippen LogP) is 4.82. The molecule has 3 aromatic carbocycles. The molecule has 0 spiro atoms. The van der Waals surface area contributed by atoms with E-state index in [9.17, 15) is 18.8 Å². The SMILES string of the molecule is Cc1ccccc1NC(=O)c1ccc(NC2=C(Cl)C(=O)N(c3ccc(F)cc3)C2=O)cc1. The van der Waals surface area contributed by atoms with Crippen LogP contribution in [0.3, 0.4) is 0 Å². The number of rotatable bonds is 5. The van der Waals surface area contributed by atoms with Crippen molar-refractivity contribution in [1.29, 1.82) is 0 Å². The molecule has 0 bridgehead atoms. The van der Waals surface area contributed by atoms with Gasteiger partial charge in [0.25, 0.3) is 17.7 Å². The molecule has 0 atom stereocenters. The highest BCUT2D eigenvalue weighted by Crippen LogP contribution is 2.30. The maximum atomic E-state index is 13.2. The van der Waals surface area contributed by atoms with Crippen LogP contribution >= 0.6 is 11.6 Å². The lowest BCUT2D eigenvalue weighted by Crippen LogP contribution is -2.32. The summed E-state index contributed by atoms with van der Waals surface area (Å²) in [6.45, 7) is 1.90. The maximum Gasteiger partial charge on any atom is 0.283 e. The third kappa shape index (κ3) is 4.10. The number of hydrogen-bond donors (Lipinski definition) is 2. The number of nitrogens with zero attached hydrogens (tertiary/aromatic N) is 1. The second-order valence-electron chi connectivity index (χ2n) is 7.08. The van der Waals surface area contributed by atoms with Crippen LogP contribution in [-0.2, 0) is 9.59 Å². The van der Waals surface area contributed by atoms with Gasteiger partial charge in [0.1, 0.15) is 16.5 Å². The van der Waals surface area contributed by atoms with E-state index >= 15 is 0 Å². The minimum Gasteiger partial charge on any atom is -0.350 e. The molecule has 0 saturated carbocycles. The van der Waals surface area contributed by atoms with Gasteiger partial charge >= 0.3 is 0 Å². The van der Waals surface area contributed by atoms with Crippen molar-refractivity contribution in [3.8, 4) is 0 Å². The molecule has 0 aromatic heterocycles. The van der Waals surface area contributed by atoms with Gasteiger partial charge in [-0.25, -0.2) is 9.29 Å². The van der Waals surface area contributed by atoms with Crippen molar-refractivity contribution in [3.63, 3.8) is 0 Å². The fourth-order valence-electron chi connectivity index (χ4n) is 3.19. The number of carbonyl (C=O) groups excluding carboxylic acids is 3. The minimum absolute atomic E-state index is 0.0990. The van der Waals surface area contributed by atoms with Crippen LogP contribution in [0.25, 0.3) is 0 Å². The summed E-state index contributed by atoms with van der Waals surface area (Å²) < 4.78 is 13.2. The zero-order valence-corrected chi connectivity index (χ0v) is 17.6. The van der Waals surface area contributed by atoms with Gasteiger partial charge in [0, 0.05) is 16.9 Å². The number of amides is 3. The van der Waals surface area contributed by atoms with Crippen LogP contribution in [0.4, 0.5) is 21.5 Å². The van der Waals surface area contributed by atoms with Gasteiger partial charge in [-0.15, -0.1) is 0 Å². The highest BCUT2D eigenvalue weighted by Gasteiger charge is 2.38. The third-order valence-electron chi connectivity index (χ3n) is 4.92. The Labute approximate surface area is 188 Å². The van der Waals surface area contributed by atoms with Crippen molar-refractivity contribution < 1.29 is 18.8 Å². The molecule has 2 N–H and O–H groups in total. The molecule has 160 valence electrons. The van der Waals surface area contributed by atoms with Gasteiger partial charge in [0.15, 0.2) is 0 Å². The Bertz CT molecular complexity index is 1250. The molecule has 1 aliphatic heterocycles. The molecule has 0 fully saturated rings. The van der Waals surface area contributed by atoms with Crippen LogP contribution in [0.5, 0.6) is 0 Å². The van der Waals surface area contributed by atoms with Crippen molar-refractivity contribution in [2.75, 3.05) is 15.5 Å².